The Morgan fingerprint density at radius 3 is 2.27 bits per heavy atom. The van der Waals surface area contributed by atoms with Crippen LogP contribution in [0.15, 0.2) is 0 Å². The van der Waals surface area contributed by atoms with E-state index in [1.54, 1.807) is 20.8 Å². The number of ether oxygens (including phenoxy) is 2. The van der Waals surface area contributed by atoms with E-state index in [2.05, 4.69) is 4.74 Å². The van der Waals surface area contributed by atoms with Gasteiger partial charge in [-0.1, -0.05) is 19.3 Å². The molecular weight excluding hydrogens is 360 g/mol. The van der Waals surface area contributed by atoms with E-state index < -0.39 is 40.0 Å². The predicted molar refractivity (Wildman–Crippen MR) is 93.4 cm³/mol. The Morgan fingerprint density at radius 2 is 1.73 bits per heavy atom. The van der Waals surface area contributed by atoms with Crippen molar-refractivity contribution in [2.75, 3.05) is 13.7 Å². The van der Waals surface area contributed by atoms with Crippen LogP contribution in [-0.4, -0.2) is 60.4 Å². The molecule has 0 unspecified atom stereocenters. The van der Waals surface area contributed by atoms with E-state index in [-0.39, 0.29) is 5.41 Å². The molecule has 26 heavy (non-hydrogen) atoms. The normalized spacial score (nSPS) is 30.2. The smallest absolute Gasteiger partial charge is 0.425 e. The zero-order valence-corrected chi connectivity index (χ0v) is 16.7. The molecule has 0 aromatic carbocycles. The number of carbonyl (C=O) groups is 2. The van der Waals surface area contributed by atoms with Gasteiger partial charge < -0.3 is 9.47 Å². The summed E-state index contributed by atoms with van der Waals surface area (Å²) in [6, 6.07) is -1.79. The highest BCUT2D eigenvalue weighted by Crippen LogP contribution is 2.51. The molecule has 2 heterocycles. The van der Waals surface area contributed by atoms with Gasteiger partial charge in [-0.3, -0.25) is 0 Å². The molecule has 1 spiro atoms. The molecule has 2 atom stereocenters. The fourth-order valence-corrected chi connectivity index (χ4v) is 6.54. The maximum atomic E-state index is 13.0. The van der Waals surface area contributed by atoms with Gasteiger partial charge >= 0.3 is 22.3 Å². The molecule has 2 saturated heterocycles. The molecule has 3 aliphatic rings. The lowest BCUT2D eigenvalue weighted by atomic mass is 9.72. The first-order valence-corrected chi connectivity index (χ1v) is 10.5. The van der Waals surface area contributed by atoms with Gasteiger partial charge in [0.15, 0.2) is 6.04 Å². The maximum absolute atomic E-state index is 13.0. The van der Waals surface area contributed by atoms with Gasteiger partial charge in [-0.25, -0.2) is 9.59 Å². The second-order valence-electron chi connectivity index (χ2n) is 8.63. The highest BCUT2D eigenvalue weighted by atomic mass is 32.2. The summed E-state index contributed by atoms with van der Waals surface area (Å²) < 4.78 is 38.0. The van der Waals surface area contributed by atoms with Crippen LogP contribution in [-0.2, 0) is 24.5 Å². The molecule has 0 N–H and O–H groups in total. The predicted octanol–water partition coefficient (Wildman–Crippen LogP) is 2.05. The van der Waals surface area contributed by atoms with E-state index in [1.807, 2.05) is 0 Å². The molecular formula is C17H28N2O6S. The molecule has 1 aliphatic carbocycles. The van der Waals surface area contributed by atoms with Crippen molar-refractivity contribution in [1.29, 1.82) is 0 Å². The standard InChI is InChI=1S/C17H28N2O6S/c1-16(2,3)25-14(20)13-12-10-17(8-6-5-7-9-17)11-18(12)26(22,23)19(13)15(21)24-4/h12-13H,5-11H2,1-4H3/t12-,13+/m0/s1. The second-order valence-corrected chi connectivity index (χ2v) is 10.4. The number of carbonyl (C=O) groups excluding carboxylic acids is 2. The van der Waals surface area contributed by atoms with Gasteiger partial charge in [-0.15, -0.1) is 0 Å². The summed E-state index contributed by atoms with van der Waals surface area (Å²) in [6.07, 6.45) is 4.72. The summed E-state index contributed by atoms with van der Waals surface area (Å²) in [4.78, 5) is 25.0. The molecule has 9 heteroatoms. The SMILES string of the molecule is COC(=O)N1[C@@H](C(=O)OC(C)(C)C)[C@@H]2CC3(CCCCC3)CN2S1(=O)=O. The quantitative estimate of drug-likeness (QED) is 0.638. The van der Waals surface area contributed by atoms with Crippen LogP contribution < -0.4 is 0 Å². The van der Waals surface area contributed by atoms with Gasteiger partial charge in [0.2, 0.25) is 0 Å². The number of rotatable bonds is 1. The van der Waals surface area contributed by atoms with E-state index in [0.29, 0.717) is 17.3 Å². The van der Waals surface area contributed by atoms with Gasteiger partial charge in [0.25, 0.3) is 0 Å². The molecule has 0 bridgehead atoms. The number of hydrogen-bond donors (Lipinski definition) is 0. The average Bonchev–Trinajstić information content (AvgIpc) is 2.98. The van der Waals surface area contributed by atoms with Crippen LogP contribution in [0.5, 0.6) is 0 Å². The fraction of sp³-hybridized carbons (Fsp3) is 0.882. The number of nitrogens with zero attached hydrogens (tertiary/aromatic N) is 2. The lowest BCUT2D eigenvalue weighted by Gasteiger charge is -2.35. The van der Waals surface area contributed by atoms with Crippen molar-refractivity contribution in [2.24, 2.45) is 5.41 Å². The Balaban J connectivity index is 1.97. The van der Waals surface area contributed by atoms with Crippen LogP contribution in [0.25, 0.3) is 0 Å². The minimum absolute atomic E-state index is 0.0988. The van der Waals surface area contributed by atoms with Crippen molar-refractivity contribution in [2.45, 2.75) is 77.0 Å². The average molecular weight is 388 g/mol. The molecule has 3 rings (SSSR count). The van der Waals surface area contributed by atoms with E-state index >= 15 is 0 Å². The minimum atomic E-state index is -4.11. The summed E-state index contributed by atoms with van der Waals surface area (Å²) in [5.74, 6) is -0.702. The molecule has 2 aliphatic heterocycles. The largest absolute Gasteiger partial charge is 0.458 e. The topological polar surface area (TPSA) is 93.2 Å². The molecule has 0 aromatic heterocycles. The third-order valence-corrected chi connectivity index (χ3v) is 7.45. The van der Waals surface area contributed by atoms with Crippen molar-refractivity contribution < 1.29 is 27.5 Å². The Kier molecular flexibility index (Phi) is 4.75. The van der Waals surface area contributed by atoms with Crippen LogP contribution in [0.3, 0.4) is 0 Å². The van der Waals surface area contributed by atoms with Gasteiger partial charge in [-0.05, 0) is 45.4 Å². The molecule has 3 fully saturated rings. The molecule has 0 radical (unpaired) electrons. The number of methoxy groups -OCH3 is 1. The van der Waals surface area contributed by atoms with Crippen molar-refractivity contribution in [3.8, 4) is 0 Å². The van der Waals surface area contributed by atoms with Crippen molar-refractivity contribution in [3.05, 3.63) is 0 Å². The van der Waals surface area contributed by atoms with Crippen LogP contribution in [0.1, 0.15) is 59.3 Å². The van der Waals surface area contributed by atoms with E-state index in [1.165, 1.54) is 4.31 Å². The summed E-state index contributed by atoms with van der Waals surface area (Å²) in [5, 5.41) is 0. The van der Waals surface area contributed by atoms with Crippen LogP contribution in [0.2, 0.25) is 0 Å². The van der Waals surface area contributed by atoms with E-state index in [9.17, 15) is 18.0 Å². The Morgan fingerprint density at radius 1 is 1.12 bits per heavy atom. The summed E-state index contributed by atoms with van der Waals surface area (Å²) in [6.45, 7) is 5.50. The number of fused-ring (bicyclic) bond motifs is 1. The van der Waals surface area contributed by atoms with Crippen LogP contribution in [0.4, 0.5) is 4.79 Å². The second kappa shape index (κ2) is 6.37. The van der Waals surface area contributed by atoms with Crippen molar-refractivity contribution in [3.63, 3.8) is 0 Å². The first-order valence-electron chi connectivity index (χ1n) is 9.13. The van der Waals surface area contributed by atoms with E-state index in [4.69, 9.17) is 4.74 Å². The van der Waals surface area contributed by atoms with Gasteiger partial charge in [0.1, 0.15) is 5.60 Å². The third kappa shape index (κ3) is 3.19. The Hall–Kier alpha value is -1.35. The summed E-state index contributed by atoms with van der Waals surface area (Å²) >= 11 is 0. The monoisotopic (exact) mass is 388 g/mol. The van der Waals surface area contributed by atoms with Crippen LogP contribution >= 0.6 is 0 Å². The number of hydrogen-bond acceptors (Lipinski definition) is 6. The van der Waals surface area contributed by atoms with E-state index in [0.717, 1.165) is 39.2 Å². The Bertz CT molecular complexity index is 693. The zero-order chi connectivity index (χ0) is 19.3. The molecule has 1 amide bonds. The lowest BCUT2D eigenvalue weighted by molar-refractivity contribution is -0.159. The molecule has 8 nitrogen and oxygen atoms in total. The minimum Gasteiger partial charge on any atom is -0.458 e. The van der Waals surface area contributed by atoms with Gasteiger partial charge in [-0.2, -0.15) is 17.0 Å². The molecule has 148 valence electrons. The lowest BCUT2D eigenvalue weighted by Crippen LogP contribution is -2.49. The van der Waals surface area contributed by atoms with Crippen molar-refractivity contribution >= 4 is 22.3 Å². The first-order chi connectivity index (χ1) is 12.0. The van der Waals surface area contributed by atoms with Crippen LogP contribution in [0, 0.1) is 5.41 Å². The van der Waals surface area contributed by atoms with Gasteiger partial charge in [0.05, 0.1) is 13.2 Å². The number of amides is 1. The third-order valence-electron chi connectivity index (χ3n) is 5.58. The number of esters is 1. The maximum Gasteiger partial charge on any atom is 0.425 e. The zero-order valence-electron chi connectivity index (χ0n) is 15.9. The van der Waals surface area contributed by atoms with Crippen molar-refractivity contribution in [1.82, 2.24) is 8.61 Å². The Labute approximate surface area is 155 Å². The highest BCUT2D eigenvalue weighted by molar-refractivity contribution is 7.87. The fourth-order valence-electron chi connectivity index (χ4n) is 4.57. The summed E-state index contributed by atoms with van der Waals surface area (Å²) in [5.41, 5.74) is -0.879. The molecule has 0 aromatic rings. The summed E-state index contributed by atoms with van der Waals surface area (Å²) in [7, 11) is -3.00. The first kappa shape index (κ1) is 19.4. The highest BCUT2D eigenvalue weighted by Gasteiger charge is 2.64. The van der Waals surface area contributed by atoms with Gasteiger partial charge in [0, 0.05) is 6.54 Å². The molecule has 1 saturated carbocycles.